The largest absolute Gasteiger partial charge is 0.463 e. The Kier molecular flexibility index (Phi) is 5.30. The van der Waals surface area contributed by atoms with E-state index in [0.29, 0.717) is 26.4 Å². The molecule has 0 spiro atoms. The highest BCUT2D eigenvalue weighted by molar-refractivity contribution is 7.07. The number of carbonyl (C=O) groups is 1. The van der Waals surface area contributed by atoms with Crippen molar-refractivity contribution in [2.24, 2.45) is 4.99 Å². The first-order chi connectivity index (χ1) is 14.4. The van der Waals surface area contributed by atoms with Gasteiger partial charge in [-0.25, -0.2) is 9.79 Å². The van der Waals surface area contributed by atoms with Crippen LogP contribution in [0.5, 0.6) is 0 Å². The Morgan fingerprint density at radius 1 is 1.20 bits per heavy atom. The molecule has 1 aromatic carbocycles. The van der Waals surface area contributed by atoms with Gasteiger partial charge in [-0.2, -0.15) is 0 Å². The van der Waals surface area contributed by atoms with E-state index < -0.39 is 12.0 Å². The molecule has 0 fully saturated rings. The molecule has 154 valence electrons. The van der Waals surface area contributed by atoms with Crippen LogP contribution in [-0.2, 0) is 9.53 Å². The highest BCUT2D eigenvalue weighted by atomic mass is 32.1. The summed E-state index contributed by atoms with van der Waals surface area (Å²) in [6.45, 7) is 7.63. The van der Waals surface area contributed by atoms with Crippen LogP contribution in [0.2, 0.25) is 0 Å². The van der Waals surface area contributed by atoms with Crippen molar-refractivity contribution >= 4 is 23.4 Å². The third-order valence-electron chi connectivity index (χ3n) is 4.94. The third kappa shape index (κ3) is 3.57. The van der Waals surface area contributed by atoms with Gasteiger partial charge in [0.2, 0.25) is 0 Å². The summed E-state index contributed by atoms with van der Waals surface area (Å²) in [6, 6.07) is 10.9. The number of aryl methyl sites for hydroxylation is 2. The molecule has 3 heterocycles. The molecule has 0 amide bonds. The van der Waals surface area contributed by atoms with Crippen molar-refractivity contribution in [1.29, 1.82) is 0 Å². The molecule has 1 aliphatic heterocycles. The topological polar surface area (TPSA) is 73.8 Å². The molecule has 0 N–H and O–H groups in total. The fraction of sp³-hybridized carbons (Fsp3) is 0.261. The zero-order chi connectivity index (χ0) is 21.4. The van der Waals surface area contributed by atoms with Crippen LogP contribution in [0.15, 0.2) is 61.9 Å². The molecule has 0 aliphatic carbocycles. The van der Waals surface area contributed by atoms with Crippen LogP contribution >= 0.6 is 11.3 Å². The number of allylic oxidation sites excluding steroid dienone is 1. The van der Waals surface area contributed by atoms with E-state index in [2.05, 4.69) is 4.99 Å². The summed E-state index contributed by atoms with van der Waals surface area (Å²) in [5.74, 6) is 0.915. The molecule has 30 heavy (non-hydrogen) atoms. The molecular weight excluding hydrogens is 400 g/mol. The number of aromatic nitrogens is 1. The summed E-state index contributed by atoms with van der Waals surface area (Å²) < 4.78 is 13.0. The Labute approximate surface area is 177 Å². The average molecular weight is 423 g/mol. The van der Waals surface area contributed by atoms with Crippen molar-refractivity contribution in [2.75, 3.05) is 6.61 Å². The van der Waals surface area contributed by atoms with E-state index in [9.17, 15) is 9.59 Å². The van der Waals surface area contributed by atoms with E-state index in [4.69, 9.17) is 9.15 Å². The second kappa shape index (κ2) is 7.91. The molecule has 1 atom stereocenters. The molecular formula is C23H22N2O4S. The van der Waals surface area contributed by atoms with Gasteiger partial charge in [0.25, 0.3) is 5.56 Å². The van der Waals surface area contributed by atoms with Gasteiger partial charge in [0, 0.05) is 6.08 Å². The maximum absolute atomic E-state index is 13.4. The Bertz CT molecular complexity index is 1320. The van der Waals surface area contributed by atoms with Gasteiger partial charge in [-0.3, -0.25) is 9.36 Å². The van der Waals surface area contributed by atoms with Crippen molar-refractivity contribution in [1.82, 2.24) is 4.57 Å². The second-order valence-corrected chi connectivity index (χ2v) is 8.17. The first kappa shape index (κ1) is 20.1. The number of fused-ring (bicyclic) bond motifs is 1. The van der Waals surface area contributed by atoms with Crippen LogP contribution < -0.4 is 14.9 Å². The number of esters is 1. The number of nitrogens with zero attached hydrogens (tertiary/aromatic N) is 2. The van der Waals surface area contributed by atoms with Gasteiger partial charge in [-0.05, 0) is 45.4 Å². The van der Waals surface area contributed by atoms with Crippen molar-refractivity contribution in [2.45, 2.75) is 33.7 Å². The van der Waals surface area contributed by atoms with Gasteiger partial charge in [0.15, 0.2) is 4.80 Å². The maximum atomic E-state index is 13.4. The predicted octanol–water partition coefficient (Wildman–Crippen LogP) is 3.01. The number of ether oxygens (including phenoxy) is 1. The second-order valence-electron chi connectivity index (χ2n) is 7.16. The molecule has 2 aromatic heterocycles. The lowest BCUT2D eigenvalue weighted by Crippen LogP contribution is -2.39. The minimum absolute atomic E-state index is 0.215. The summed E-state index contributed by atoms with van der Waals surface area (Å²) in [7, 11) is 0. The molecule has 6 nitrogen and oxygen atoms in total. The number of rotatable bonds is 4. The van der Waals surface area contributed by atoms with Gasteiger partial charge < -0.3 is 9.15 Å². The van der Waals surface area contributed by atoms with E-state index in [1.165, 1.54) is 11.3 Å². The Morgan fingerprint density at radius 2 is 1.93 bits per heavy atom. The van der Waals surface area contributed by atoms with E-state index in [1.807, 2.05) is 50.2 Å². The molecule has 0 radical (unpaired) electrons. The molecule has 7 heteroatoms. The standard InChI is InChI=1S/C23H22N2O4S/c1-5-28-22(27)19-15(4)24-23-25(20(19)16-9-6-13(2)7-10-16)21(26)18(30-23)12-17-11-8-14(3)29-17/h6-12,20H,5H2,1-4H3/b18-12+/t20-/m0/s1. The van der Waals surface area contributed by atoms with Crippen LogP contribution in [0.3, 0.4) is 0 Å². The summed E-state index contributed by atoms with van der Waals surface area (Å²) in [5.41, 5.74) is 2.65. The van der Waals surface area contributed by atoms with Crippen LogP contribution in [0.1, 0.15) is 42.5 Å². The minimum atomic E-state index is -0.596. The van der Waals surface area contributed by atoms with E-state index in [0.717, 1.165) is 16.9 Å². The molecule has 1 aliphatic rings. The fourth-order valence-electron chi connectivity index (χ4n) is 3.52. The molecule has 0 bridgehead atoms. The van der Waals surface area contributed by atoms with E-state index in [1.54, 1.807) is 24.5 Å². The van der Waals surface area contributed by atoms with Gasteiger partial charge in [-0.1, -0.05) is 41.2 Å². The van der Waals surface area contributed by atoms with Gasteiger partial charge in [0.05, 0.1) is 28.5 Å². The molecule has 4 rings (SSSR count). The fourth-order valence-corrected chi connectivity index (χ4v) is 4.54. The normalized spacial score (nSPS) is 16.4. The Morgan fingerprint density at radius 3 is 2.57 bits per heavy atom. The zero-order valence-corrected chi connectivity index (χ0v) is 18.1. The lowest BCUT2D eigenvalue weighted by molar-refractivity contribution is -0.139. The number of furan rings is 1. The van der Waals surface area contributed by atoms with Crippen LogP contribution in [0.4, 0.5) is 0 Å². The summed E-state index contributed by atoms with van der Waals surface area (Å²) in [5, 5.41) is 0. The highest BCUT2D eigenvalue weighted by Crippen LogP contribution is 2.30. The third-order valence-corrected chi connectivity index (χ3v) is 5.93. The number of carbonyl (C=O) groups excluding carboxylic acids is 1. The Hall–Kier alpha value is -3.19. The lowest BCUT2D eigenvalue weighted by Gasteiger charge is -2.24. The van der Waals surface area contributed by atoms with Crippen LogP contribution in [0.25, 0.3) is 6.08 Å². The van der Waals surface area contributed by atoms with Crippen LogP contribution in [0, 0.1) is 13.8 Å². The van der Waals surface area contributed by atoms with E-state index in [-0.39, 0.29) is 12.2 Å². The highest BCUT2D eigenvalue weighted by Gasteiger charge is 2.33. The lowest BCUT2D eigenvalue weighted by atomic mass is 9.95. The summed E-state index contributed by atoms with van der Waals surface area (Å²) in [4.78, 5) is 31.3. The first-order valence-electron chi connectivity index (χ1n) is 9.71. The van der Waals surface area contributed by atoms with Gasteiger partial charge in [-0.15, -0.1) is 0 Å². The first-order valence-corrected chi connectivity index (χ1v) is 10.5. The smallest absolute Gasteiger partial charge is 0.338 e. The quantitative estimate of drug-likeness (QED) is 0.606. The number of hydrogen-bond donors (Lipinski definition) is 0. The number of hydrogen-bond acceptors (Lipinski definition) is 6. The zero-order valence-electron chi connectivity index (χ0n) is 17.3. The Balaban J connectivity index is 1.96. The van der Waals surface area contributed by atoms with Gasteiger partial charge in [0.1, 0.15) is 11.5 Å². The maximum Gasteiger partial charge on any atom is 0.338 e. The summed E-state index contributed by atoms with van der Waals surface area (Å²) in [6.07, 6.45) is 1.71. The van der Waals surface area contributed by atoms with Crippen molar-refractivity contribution in [3.63, 3.8) is 0 Å². The molecule has 0 saturated carbocycles. The van der Waals surface area contributed by atoms with Crippen molar-refractivity contribution < 1.29 is 13.9 Å². The number of benzene rings is 1. The van der Waals surface area contributed by atoms with Crippen LogP contribution in [-0.4, -0.2) is 17.1 Å². The predicted molar refractivity (Wildman–Crippen MR) is 115 cm³/mol. The van der Waals surface area contributed by atoms with Gasteiger partial charge >= 0.3 is 5.97 Å². The monoisotopic (exact) mass is 422 g/mol. The SMILES string of the molecule is CCOC(=O)C1=C(C)N=c2s/c(=C/c3ccc(C)o3)c(=O)n2[C@H]1c1ccc(C)cc1. The molecule has 0 saturated heterocycles. The molecule has 3 aromatic rings. The molecule has 0 unspecified atom stereocenters. The summed E-state index contributed by atoms with van der Waals surface area (Å²) >= 11 is 1.28. The minimum Gasteiger partial charge on any atom is -0.463 e. The number of thiazole rings is 1. The van der Waals surface area contributed by atoms with E-state index >= 15 is 0 Å². The average Bonchev–Trinajstić information content (AvgIpc) is 3.24. The van der Waals surface area contributed by atoms with Crippen molar-refractivity contribution in [3.05, 3.63) is 90.0 Å². The van der Waals surface area contributed by atoms with Crippen molar-refractivity contribution in [3.8, 4) is 0 Å².